The minimum absolute atomic E-state index is 0.147. The number of nitrogens with zero attached hydrogens (tertiary/aromatic N) is 2. The second kappa shape index (κ2) is 10.2. The van der Waals surface area contributed by atoms with E-state index in [1.807, 2.05) is 18.2 Å². The largest absolute Gasteiger partial charge is 0.489 e. The number of carbonyl (C=O) groups is 1. The number of hydrogen-bond donors (Lipinski definition) is 1. The van der Waals surface area contributed by atoms with E-state index in [0.29, 0.717) is 28.5 Å². The average Bonchev–Trinajstić information content (AvgIpc) is 2.78. The number of carbonyl (C=O) groups excluding carboxylic acids is 1. The molecule has 3 aromatic carbocycles. The molecular formula is C24H18ClN3O4. The molecule has 0 radical (unpaired) electrons. The molecule has 0 unspecified atom stereocenters. The van der Waals surface area contributed by atoms with Gasteiger partial charge in [-0.05, 0) is 54.0 Å². The molecular weight excluding hydrogens is 430 g/mol. The second-order valence-electron chi connectivity index (χ2n) is 6.87. The van der Waals surface area contributed by atoms with Crippen molar-refractivity contribution in [1.82, 2.24) is 0 Å². The highest BCUT2D eigenvalue weighted by molar-refractivity contribution is 6.30. The van der Waals surface area contributed by atoms with Gasteiger partial charge in [0.1, 0.15) is 24.0 Å². The van der Waals surface area contributed by atoms with Crippen LogP contribution < -0.4 is 10.1 Å². The summed E-state index contributed by atoms with van der Waals surface area (Å²) in [6.45, 7) is 2.04. The summed E-state index contributed by atoms with van der Waals surface area (Å²) in [6, 6.07) is 20.3. The van der Waals surface area contributed by atoms with E-state index in [2.05, 4.69) is 5.32 Å². The van der Waals surface area contributed by atoms with Crippen LogP contribution in [0.3, 0.4) is 0 Å². The van der Waals surface area contributed by atoms with Crippen LogP contribution in [0.1, 0.15) is 16.7 Å². The van der Waals surface area contributed by atoms with E-state index in [1.54, 1.807) is 43.3 Å². The Morgan fingerprint density at radius 1 is 1.19 bits per heavy atom. The van der Waals surface area contributed by atoms with Gasteiger partial charge in [-0.15, -0.1) is 0 Å². The Balaban J connectivity index is 1.74. The van der Waals surface area contributed by atoms with E-state index in [4.69, 9.17) is 16.3 Å². The lowest BCUT2D eigenvalue weighted by atomic mass is 10.1. The van der Waals surface area contributed by atoms with Gasteiger partial charge in [-0.1, -0.05) is 41.9 Å². The van der Waals surface area contributed by atoms with Crippen molar-refractivity contribution >= 4 is 35.0 Å². The van der Waals surface area contributed by atoms with Crippen LogP contribution in [0.15, 0.2) is 72.3 Å². The summed E-state index contributed by atoms with van der Waals surface area (Å²) in [7, 11) is 0. The number of nitro groups is 1. The molecule has 7 nitrogen and oxygen atoms in total. The summed E-state index contributed by atoms with van der Waals surface area (Å²) in [5, 5.41) is 23.7. The summed E-state index contributed by atoms with van der Waals surface area (Å²) in [6.07, 6.45) is 1.43. The summed E-state index contributed by atoms with van der Waals surface area (Å²) >= 11 is 5.88. The molecule has 0 aliphatic carbocycles. The molecule has 0 saturated carbocycles. The molecule has 3 aromatic rings. The molecule has 0 atom stereocenters. The topological polar surface area (TPSA) is 105 Å². The first-order valence-electron chi connectivity index (χ1n) is 9.51. The number of nitriles is 1. The van der Waals surface area contributed by atoms with E-state index < -0.39 is 10.8 Å². The monoisotopic (exact) mass is 447 g/mol. The van der Waals surface area contributed by atoms with Crippen LogP contribution in [0.4, 0.5) is 11.4 Å². The molecule has 0 bridgehead atoms. The number of halogens is 1. The van der Waals surface area contributed by atoms with Gasteiger partial charge in [0.2, 0.25) is 0 Å². The van der Waals surface area contributed by atoms with Crippen molar-refractivity contribution in [2.75, 3.05) is 5.32 Å². The predicted molar refractivity (Wildman–Crippen MR) is 122 cm³/mol. The van der Waals surface area contributed by atoms with Gasteiger partial charge in [0.05, 0.1) is 10.6 Å². The van der Waals surface area contributed by atoms with E-state index in [0.717, 1.165) is 5.56 Å². The molecule has 0 spiro atoms. The number of amides is 1. The number of hydrogen-bond acceptors (Lipinski definition) is 5. The quantitative estimate of drug-likeness (QED) is 0.217. The minimum atomic E-state index is -0.663. The molecule has 0 aromatic heterocycles. The van der Waals surface area contributed by atoms with Crippen molar-refractivity contribution in [3.63, 3.8) is 0 Å². The Kier molecular flexibility index (Phi) is 7.21. The third kappa shape index (κ3) is 5.94. The van der Waals surface area contributed by atoms with Crippen LogP contribution in [-0.4, -0.2) is 10.8 Å². The lowest BCUT2D eigenvalue weighted by molar-refractivity contribution is -0.384. The summed E-state index contributed by atoms with van der Waals surface area (Å²) in [5.41, 5.74) is 2.15. The number of benzene rings is 3. The van der Waals surface area contributed by atoms with Crippen molar-refractivity contribution in [3.05, 3.63) is 104 Å². The molecule has 1 amide bonds. The number of nitro benzene ring substituents is 1. The number of rotatable bonds is 7. The first-order chi connectivity index (χ1) is 15.4. The van der Waals surface area contributed by atoms with E-state index in [1.165, 1.54) is 24.3 Å². The van der Waals surface area contributed by atoms with Crippen molar-refractivity contribution in [2.24, 2.45) is 0 Å². The molecule has 0 saturated heterocycles. The van der Waals surface area contributed by atoms with Crippen LogP contribution in [0, 0.1) is 28.4 Å². The SMILES string of the molecule is Cc1ccc([N+](=O)[O-])cc1NC(=O)/C(C#N)=C/c1cccc(OCc2ccc(Cl)cc2)c1. The first-order valence-corrected chi connectivity index (χ1v) is 9.89. The van der Waals surface area contributed by atoms with Crippen molar-refractivity contribution < 1.29 is 14.5 Å². The van der Waals surface area contributed by atoms with Gasteiger partial charge < -0.3 is 10.1 Å². The van der Waals surface area contributed by atoms with Gasteiger partial charge in [0, 0.05) is 17.2 Å². The predicted octanol–water partition coefficient (Wildman–Crippen LogP) is 5.68. The molecule has 8 heteroatoms. The number of nitrogens with one attached hydrogen (secondary N) is 1. The minimum Gasteiger partial charge on any atom is -0.489 e. The Morgan fingerprint density at radius 2 is 1.94 bits per heavy atom. The molecule has 0 aliphatic heterocycles. The fourth-order valence-electron chi connectivity index (χ4n) is 2.80. The fraction of sp³-hybridized carbons (Fsp3) is 0.0833. The van der Waals surface area contributed by atoms with Gasteiger partial charge in [-0.2, -0.15) is 5.26 Å². The average molecular weight is 448 g/mol. The van der Waals surface area contributed by atoms with E-state index in [-0.39, 0.29) is 16.9 Å². The van der Waals surface area contributed by atoms with Crippen LogP contribution in [0.25, 0.3) is 6.08 Å². The highest BCUT2D eigenvalue weighted by Gasteiger charge is 2.14. The number of non-ortho nitro benzene ring substituents is 1. The first kappa shape index (κ1) is 22.5. The zero-order valence-electron chi connectivity index (χ0n) is 17.0. The molecule has 3 rings (SSSR count). The zero-order chi connectivity index (χ0) is 23.1. The molecule has 0 aliphatic rings. The molecule has 0 fully saturated rings. The molecule has 160 valence electrons. The van der Waals surface area contributed by atoms with Crippen molar-refractivity contribution in [2.45, 2.75) is 13.5 Å². The lowest BCUT2D eigenvalue weighted by Gasteiger charge is -2.09. The van der Waals surface area contributed by atoms with Crippen LogP contribution in [0.2, 0.25) is 5.02 Å². The number of ether oxygens (including phenoxy) is 1. The van der Waals surface area contributed by atoms with Gasteiger partial charge in [-0.3, -0.25) is 14.9 Å². The maximum Gasteiger partial charge on any atom is 0.271 e. The maximum atomic E-state index is 12.6. The highest BCUT2D eigenvalue weighted by Crippen LogP contribution is 2.23. The third-order valence-electron chi connectivity index (χ3n) is 4.53. The third-order valence-corrected chi connectivity index (χ3v) is 4.79. The van der Waals surface area contributed by atoms with Gasteiger partial charge in [-0.25, -0.2) is 0 Å². The van der Waals surface area contributed by atoms with Crippen LogP contribution in [0.5, 0.6) is 5.75 Å². The highest BCUT2D eigenvalue weighted by atomic mass is 35.5. The Bertz CT molecular complexity index is 1230. The maximum absolute atomic E-state index is 12.6. The summed E-state index contributed by atoms with van der Waals surface area (Å²) in [4.78, 5) is 23.0. The van der Waals surface area contributed by atoms with E-state index in [9.17, 15) is 20.2 Å². The smallest absolute Gasteiger partial charge is 0.271 e. The van der Waals surface area contributed by atoms with Crippen molar-refractivity contribution in [3.8, 4) is 11.8 Å². The standard InChI is InChI=1S/C24H18ClN3O4/c1-16-5-10-21(28(30)31)13-23(16)27-24(29)19(14-26)11-18-3-2-4-22(12-18)32-15-17-6-8-20(25)9-7-17/h2-13H,15H2,1H3,(H,27,29)/b19-11+. The zero-order valence-corrected chi connectivity index (χ0v) is 17.8. The normalized spacial score (nSPS) is 10.8. The van der Waals surface area contributed by atoms with E-state index >= 15 is 0 Å². The Labute approximate surface area is 189 Å². The van der Waals surface area contributed by atoms with Gasteiger partial charge in [0.15, 0.2) is 0 Å². The number of anilines is 1. The fourth-order valence-corrected chi connectivity index (χ4v) is 2.93. The van der Waals surface area contributed by atoms with Crippen molar-refractivity contribution in [1.29, 1.82) is 5.26 Å². The van der Waals surface area contributed by atoms with Crippen LogP contribution >= 0.6 is 11.6 Å². The second-order valence-corrected chi connectivity index (χ2v) is 7.30. The number of aryl methyl sites for hydroxylation is 1. The Morgan fingerprint density at radius 3 is 2.62 bits per heavy atom. The molecule has 32 heavy (non-hydrogen) atoms. The van der Waals surface area contributed by atoms with Gasteiger partial charge >= 0.3 is 0 Å². The summed E-state index contributed by atoms with van der Waals surface area (Å²) < 4.78 is 5.78. The lowest BCUT2D eigenvalue weighted by Crippen LogP contribution is -2.14. The Hall–Kier alpha value is -4.15. The van der Waals surface area contributed by atoms with Gasteiger partial charge in [0.25, 0.3) is 11.6 Å². The molecule has 1 N–H and O–H groups in total. The summed E-state index contributed by atoms with van der Waals surface area (Å²) in [5.74, 6) is -0.0930. The van der Waals surface area contributed by atoms with Crippen LogP contribution in [-0.2, 0) is 11.4 Å². The molecule has 0 heterocycles.